The molecular formula is C12H9NO2. The van der Waals surface area contributed by atoms with E-state index in [1.165, 1.54) is 0 Å². The fourth-order valence-corrected chi connectivity index (χ4v) is 1.92. The monoisotopic (exact) mass is 199 g/mol. The molecule has 2 aromatic rings. The van der Waals surface area contributed by atoms with Crippen molar-refractivity contribution in [1.29, 1.82) is 0 Å². The SMILES string of the molecule is O=C=NC1(c2ccc3ccoc3c2)CC1. The summed E-state index contributed by atoms with van der Waals surface area (Å²) in [5.41, 5.74) is 1.59. The average Bonchev–Trinajstić information content (AvgIpc) is 2.89. The lowest BCUT2D eigenvalue weighted by Crippen LogP contribution is -2.01. The van der Waals surface area contributed by atoms with Gasteiger partial charge in [0.15, 0.2) is 0 Å². The Morgan fingerprint density at radius 2 is 2.20 bits per heavy atom. The van der Waals surface area contributed by atoms with Gasteiger partial charge in [-0.05, 0) is 30.5 Å². The van der Waals surface area contributed by atoms with Crippen LogP contribution >= 0.6 is 0 Å². The molecule has 0 radical (unpaired) electrons. The predicted octanol–water partition coefficient (Wildman–Crippen LogP) is 2.76. The van der Waals surface area contributed by atoms with Gasteiger partial charge in [-0.2, -0.15) is 4.99 Å². The number of furan rings is 1. The van der Waals surface area contributed by atoms with Gasteiger partial charge in [-0.15, -0.1) is 0 Å². The summed E-state index contributed by atoms with van der Waals surface area (Å²) in [5, 5.41) is 1.07. The molecule has 3 nitrogen and oxygen atoms in total. The Morgan fingerprint density at radius 3 is 2.93 bits per heavy atom. The third kappa shape index (κ3) is 1.21. The van der Waals surface area contributed by atoms with Crippen molar-refractivity contribution in [1.82, 2.24) is 0 Å². The summed E-state index contributed by atoms with van der Waals surface area (Å²) in [6.07, 6.45) is 5.17. The van der Waals surface area contributed by atoms with Gasteiger partial charge >= 0.3 is 0 Å². The van der Waals surface area contributed by atoms with Gasteiger partial charge in [0.2, 0.25) is 6.08 Å². The highest BCUT2D eigenvalue weighted by molar-refractivity contribution is 5.78. The summed E-state index contributed by atoms with van der Waals surface area (Å²) < 4.78 is 5.32. The second-order valence-corrected chi connectivity index (χ2v) is 3.91. The lowest BCUT2D eigenvalue weighted by atomic mass is 10.0. The molecule has 0 bridgehead atoms. The van der Waals surface area contributed by atoms with E-state index in [0.717, 1.165) is 29.4 Å². The molecule has 3 rings (SSSR count). The maximum absolute atomic E-state index is 10.3. The van der Waals surface area contributed by atoms with Crippen molar-refractivity contribution < 1.29 is 9.21 Å². The van der Waals surface area contributed by atoms with Gasteiger partial charge in [0, 0.05) is 5.39 Å². The summed E-state index contributed by atoms with van der Waals surface area (Å²) >= 11 is 0. The van der Waals surface area contributed by atoms with Crippen molar-refractivity contribution >= 4 is 17.0 Å². The van der Waals surface area contributed by atoms with Crippen LogP contribution in [0.5, 0.6) is 0 Å². The van der Waals surface area contributed by atoms with E-state index in [-0.39, 0.29) is 5.54 Å². The van der Waals surface area contributed by atoms with Gasteiger partial charge in [-0.25, -0.2) is 4.79 Å². The van der Waals surface area contributed by atoms with Crippen LogP contribution in [0.3, 0.4) is 0 Å². The summed E-state index contributed by atoms with van der Waals surface area (Å²) in [4.78, 5) is 14.2. The highest BCUT2D eigenvalue weighted by Crippen LogP contribution is 2.49. The summed E-state index contributed by atoms with van der Waals surface area (Å²) in [5.74, 6) is 0. The molecule has 0 N–H and O–H groups in total. The Balaban J connectivity index is 2.15. The van der Waals surface area contributed by atoms with E-state index in [9.17, 15) is 4.79 Å². The molecule has 0 unspecified atom stereocenters. The smallest absolute Gasteiger partial charge is 0.235 e. The minimum atomic E-state index is -0.303. The molecule has 0 amide bonds. The summed E-state index contributed by atoms with van der Waals surface area (Å²) in [6, 6.07) is 7.88. The Labute approximate surface area is 86.4 Å². The maximum atomic E-state index is 10.3. The van der Waals surface area contributed by atoms with Gasteiger partial charge in [0.1, 0.15) is 5.58 Å². The predicted molar refractivity (Wildman–Crippen MR) is 55.2 cm³/mol. The molecule has 1 aliphatic rings. The lowest BCUT2D eigenvalue weighted by Gasteiger charge is -2.06. The Hall–Kier alpha value is -1.86. The van der Waals surface area contributed by atoms with Crippen LogP contribution in [0.1, 0.15) is 18.4 Å². The first-order valence-corrected chi connectivity index (χ1v) is 4.91. The van der Waals surface area contributed by atoms with E-state index in [2.05, 4.69) is 4.99 Å². The fourth-order valence-electron chi connectivity index (χ4n) is 1.92. The zero-order valence-corrected chi connectivity index (χ0v) is 8.06. The van der Waals surface area contributed by atoms with E-state index in [4.69, 9.17) is 4.42 Å². The second kappa shape index (κ2) is 2.81. The minimum Gasteiger partial charge on any atom is -0.464 e. The number of hydrogen-bond donors (Lipinski definition) is 0. The standard InChI is InChI=1S/C12H9NO2/c14-8-13-12(4-5-12)10-2-1-9-3-6-15-11(9)7-10/h1-3,6-7H,4-5H2. The van der Waals surface area contributed by atoms with Gasteiger partial charge in [0.25, 0.3) is 0 Å². The molecule has 0 atom stereocenters. The molecule has 0 spiro atoms. The Morgan fingerprint density at radius 1 is 1.33 bits per heavy atom. The number of benzene rings is 1. The zero-order valence-electron chi connectivity index (χ0n) is 8.06. The maximum Gasteiger partial charge on any atom is 0.235 e. The Kier molecular flexibility index (Phi) is 1.58. The van der Waals surface area contributed by atoms with Crippen LogP contribution in [0.2, 0.25) is 0 Å². The van der Waals surface area contributed by atoms with E-state index >= 15 is 0 Å². The van der Waals surface area contributed by atoms with Crippen molar-refractivity contribution in [3.8, 4) is 0 Å². The van der Waals surface area contributed by atoms with E-state index in [0.29, 0.717) is 0 Å². The number of carbonyl (C=O) groups excluding carboxylic acids is 1. The number of isocyanates is 1. The van der Waals surface area contributed by atoms with E-state index < -0.39 is 0 Å². The largest absolute Gasteiger partial charge is 0.464 e. The number of rotatable bonds is 2. The van der Waals surface area contributed by atoms with Crippen LogP contribution in [0.25, 0.3) is 11.0 Å². The minimum absolute atomic E-state index is 0.303. The molecule has 3 heteroatoms. The molecule has 0 aliphatic heterocycles. The molecule has 1 aliphatic carbocycles. The van der Waals surface area contributed by atoms with Crippen molar-refractivity contribution in [2.24, 2.45) is 4.99 Å². The van der Waals surface area contributed by atoms with Crippen molar-refractivity contribution in [3.05, 3.63) is 36.1 Å². The van der Waals surface area contributed by atoms with Gasteiger partial charge in [-0.3, -0.25) is 0 Å². The van der Waals surface area contributed by atoms with Gasteiger partial charge < -0.3 is 4.42 Å². The second-order valence-electron chi connectivity index (χ2n) is 3.91. The molecule has 0 saturated heterocycles. The van der Waals surface area contributed by atoms with Crippen LogP contribution in [0.4, 0.5) is 0 Å². The molecule has 1 aromatic carbocycles. The van der Waals surface area contributed by atoms with Gasteiger partial charge in [-0.1, -0.05) is 12.1 Å². The zero-order chi connectivity index (χ0) is 10.3. The first-order valence-electron chi connectivity index (χ1n) is 4.91. The topological polar surface area (TPSA) is 42.6 Å². The molecule has 1 heterocycles. The highest BCUT2D eigenvalue weighted by Gasteiger charge is 2.44. The molecule has 1 saturated carbocycles. The number of nitrogens with zero attached hydrogens (tertiary/aromatic N) is 1. The first kappa shape index (κ1) is 8.45. The average molecular weight is 199 g/mol. The molecule has 1 fully saturated rings. The number of fused-ring (bicyclic) bond motifs is 1. The molecule has 74 valence electrons. The molecule has 15 heavy (non-hydrogen) atoms. The van der Waals surface area contributed by atoms with E-state index in [1.807, 2.05) is 24.3 Å². The van der Waals surface area contributed by atoms with Gasteiger partial charge in [0.05, 0.1) is 11.8 Å². The van der Waals surface area contributed by atoms with Crippen molar-refractivity contribution in [3.63, 3.8) is 0 Å². The quantitative estimate of drug-likeness (QED) is 0.551. The van der Waals surface area contributed by atoms with Crippen molar-refractivity contribution in [2.45, 2.75) is 18.4 Å². The van der Waals surface area contributed by atoms with Crippen LogP contribution in [-0.2, 0) is 10.3 Å². The fraction of sp³-hybridized carbons (Fsp3) is 0.250. The van der Waals surface area contributed by atoms with E-state index in [1.54, 1.807) is 12.3 Å². The molecular weight excluding hydrogens is 190 g/mol. The summed E-state index contributed by atoms with van der Waals surface area (Å²) in [7, 11) is 0. The van der Waals surface area contributed by atoms with Crippen LogP contribution < -0.4 is 0 Å². The lowest BCUT2D eigenvalue weighted by molar-refractivity contribution is 0.556. The van der Waals surface area contributed by atoms with Crippen LogP contribution in [-0.4, -0.2) is 6.08 Å². The third-order valence-corrected chi connectivity index (χ3v) is 2.98. The number of aliphatic imine (C=N–C) groups is 1. The number of hydrogen-bond acceptors (Lipinski definition) is 3. The Bertz CT molecular complexity index is 560. The van der Waals surface area contributed by atoms with Crippen LogP contribution in [0, 0.1) is 0 Å². The van der Waals surface area contributed by atoms with Crippen LogP contribution in [0.15, 0.2) is 39.9 Å². The highest BCUT2D eigenvalue weighted by atomic mass is 16.3. The summed E-state index contributed by atoms with van der Waals surface area (Å²) in [6.45, 7) is 0. The first-order chi connectivity index (χ1) is 7.34. The van der Waals surface area contributed by atoms with Crippen molar-refractivity contribution in [2.75, 3.05) is 0 Å². The molecule has 1 aromatic heterocycles. The normalized spacial score (nSPS) is 17.3. The third-order valence-electron chi connectivity index (χ3n) is 2.98.